The van der Waals surface area contributed by atoms with E-state index in [-0.39, 0.29) is 11.9 Å². The van der Waals surface area contributed by atoms with E-state index in [1.807, 2.05) is 41.1 Å². The zero-order valence-corrected chi connectivity index (χ0v) is 17.4. The molecule has 0 N–H and O–H groups in total. The van der Waals surface area contributed by atoms with Crippen LogP contribution < -0.4 is 4.74 Å². The highest BCUT2D eigenvalue weighted by atomic mass is 19.1. The summed E-state index contributed by atoms with van der Waals surface area (Å²) in [6.07, 6.45) is 0. The van der Waals surface area contributed by atoms with Crippen LogP contribution >= 0.6 is 0 Å². The summed E-state index contributed by atoms with van der Waals surface area (Å²) in [5.74, 6) is 1.34. The first-order chi connectivity index (χ1) is 14.7. The summed E-state index contributed by atoms with van der Waals surface area (Å²) in [5.41, 5.74) is 2.07. The zero-order valence-electron chi connectivity index (χ0n) is 17.4. The molecule has 2 aromatic carbocycles. The van der Waals surface area contributed by atoms with Crippen molar-refractivity contribution in [2.45, 2.75) is 19.5 Å². The average Bonchev–Trinajstić information content (AvgIpc) is 3.24. The Bertz CT molecular complexity index is 935. The van der Waals surface area contributed by atoms with E-state index in [9.17, 15) is 4.39 Å². The van der Waals surface area contributed by atoms with Crippen LogP contribution in [0.15, 0.2) is 48.5 Å². The fourth-order valence-corrected chi connectivity index (χ4v) is 3.93. The summed E-state index contributed by atoms with van der Waals surface area (Å²) in [6.45, 7) is 7.59. The van der Waals surface area contributed by atoms with E-state index in [1.54, 1.807) is 7.11 Å². The van der Waals surface area contributed by atoms with E-state index >= 15 is 0 Å². The minimum atomic E-state index is -0.244. The molecule has 0 amide bonds. The van der Waals surface area contributed by atoms with Gasteiger partial charge in [0, 0.05) is 26.2 Å². The van der Waals surface area contributed by atoms with Gasteiger partial charge >= 0.3 is 0 Å². The van der Waals surface area contributed by atoms with Crippen LogP contribution in [0.25, 0.3) is 0 Å². The van der Waals surface area contributed by atoms with E-state index in [4.69, 9.17) is 4.74 Å². The Labute approximate surface area is 176 Å². The van der Waals surface area contributed by atoms with Crippen molar-refractivity contribution >= 4 is 0 Å². The molecule has 1 saturated heterocycles. The predicted octanol–water partition coefficient (Wildman–Crippen LogP) is 2.60. The zero-order chi connectivity index (χ0) is 20.9. The lowest BCUT2D eigenvalue weighted by Crippen LogP contribution is -2.48. The van der Waals surface area contributed by atoms with Gasteiger partial charge in [0.2, 0.25) is 0 Å². The van der Waals surface area contributed by atoms with E-state index in [2.05, 4.69) is 32.2 Å². The molecule has 1 aromatic heterocycles. The van der Waals surface area contributed by atoms with Crippen LogP contribution in [0.2, 0.25) is 0 Å². The van der Waals surface area contributed by atoms with E-state index in [0.29, 0.717) is 6.54 Å². The summed E-state index contributed by atoms with van der Waals surface area (Å²) in [4.78, 5) is 4.81. The predicted molar refractivity (Wildman–Crippen MR) is 112 cm³/mol. The Morgan fingerprint density at radius 2 is 1.70 bits per heavy atom. The van der Waals surface area contributed by atoms with E-state index in [0.717, 1.165) is 55.4 Å². The number of piperazine rings is 1. The molecule has 0 spiro atoms. The molecule has 8 heteroatoms. The summed E-state index contributed by atoms with van der Waals surface area (Å²) in [6, 6.07) is 14.4. The number of tetrazole rings is 1. The molecule has 1 atom stereocenters. The van der Waals surface area contributed by atoms with Crippen molar-refractivity contribution in [2.24, 2.45) is 0 Å². The fourth-order valence-electron chi connectivity index (χ4n) is 3.93. The second-order valence-corrected chi connectivity index (χ2v) is 7.47. The summed E-state index contributed by atoms with van der Waals surface area (Å²) in [5, 5.41) is 12.6. The number of ether oxygens (including phenoxy) is 1. The molecule has 0 aliphatic carbocycles. The highest BCUT2D eigenvalue weighted by molar-refractivity contribution is 5.28. The van der Waals surface area contributed by atoms with Gasteiger partial charge in [-0.2, -0.15) is 0 Å². The second-order valence-electron chi connectivity index (χ2n) is 7.47. The van der Waals surface area contributed by atoms with Crippen LogP contribution in [-0.2, 0) is 6.54 Å². The molecule has 0 unspecified atom stereocenters. The Morgan fingerprint density at radius 3 is 2.33 bits per heavy atom. The van der Waals surface area contributed by atoms with Crippen molar-refractivity contribution in [2.75, 3.05) is 39.8 Å². The van der Waals surface area contributed by atoms with Crippen LogP contribution in [0, 0.1) is 5.82 Å². The highest BCUT2D eigenvalue weighted by Gasteiger charge is 2.30. The number of benzene rings is 2. The average molecular weight is 410 g/mol. The Balaban J connectivity index is 1.64. The number of halogens is 1. The fraction of sp³-hybridized carbons (Fsp3) is 0.409. The third-order valence-electron chi connectivity index (χ3n) is 5.70. The van der Waals surface area contributed by atoms with Gasteiger partial charge in [-0.3, -0.25) is 4.90 Å². The van der Waals surface area contributed by atoms with E-state index < -0.39 is 0 Å². The lowest BCUT2D eigenvalue weighted by atomic mass is 10.0. The van der Waals surface area contributed by atoms with Gasteiger partial charge < -0.3 is 9.64 Å². The van der Waals surface area contributed by atoms with Gasteiger partial charge in [0.1, 0.15) is 11.6 Å². The smallest absolute Gasteiger partial charge is 0.173 e. The van der Waals surface area contributed by atoms with Crippen LogP contribution in [-0.4, -0.2) is 69.8 Å². The van der Waals surface area contributed by atoms with E-state index in [1.165, 1.54) is 12.1 Å². The topological polar surface area (TPSA) is 59.3 Å². The molecule has 1 fully saturated rings. The number of rotatable bonds is 7. The van der Waals surface area contributed by atoms with Gasteiger partial charge in [-0.1, -0.05) is 31.2 Å². The second kappa shape index (κ2) is 9.32. The molecule has 1 aliphatic heterocycles. The van der Waals surface area contributed by atoms with Crippen molar-refractivity contribution in [3.63, 3.8) is 0 Å². The first kappa shape index (κ1) is 20.4. The Morgan fingerprint density at radius 1 is 1.00 bits per heavy atom. The van der Waals surface area contributed by atoms with Gasteiger partial charge in [0.15, 0.2) is 5.82 Å². The van der Waals surface area contributed by atoms with Crippen molar-refractivity contribution in [3.8, 4) is 5.75 Å². The standard InChI is InChI=1S/C22H27FN6O/c1-3-27-12-14-28(15-13-27)21(18-6-8-19(23)9-7-18)22-24-25-26-29(22)16-17-4-10-20(30-2)11-5-17/h4-11,21H,3,12-16H2,1-2H3/t21-/m0/s1. The van der Waals surface area contributed by atoms with Crippen LogP contribution in [0.4, 0.5) is 4.39 Å². The lowest BCUT2D eigenvalue weighted by molar-refractivity contribution is 0.108. The summed E-state index contributed by atoms with van der Waals surface area (Å²) >= 11 is 0. The van der Waals surface area contributed by atoms with Crippen LogP contribution in [0.1, 0.15) is 29.9 Å². The van der Waals surface area contributed by atoms with Crippen LogP contribution in [0.5, 0.6) is 5.75 Å². The number of nitrogens with zero attached hydrogens (tertiary/aromatic N) is 6. The van der Waals surface area contributed by atoms with Crippen molar-refractivity contribution < 1.29 is 9.13 Å². The van der Waals surface area contributed by atoms with Gasteiger partial charge in [-0.25, -0.2) is 9.07 Å². The Kier molecular flexibility index (Phi) is 6.35. The summed E-state index contributed by atoms with van der Waals surface area (Å²) in [7, 11) is 1.65. The van der Waals surface area contributed by atoms with Crippen molar-refractivity contribution in [1.29, 1.82) is 0 Å². The molecular formula is C22H27FN6O. The number of likely N-dealkylation sites (N-methyl/N-ethyl adjacent to an activating group) is 1. The molecule has 4 rings (SSSR count). The van der Waals surface area contributed by atoms with Gasteiger partial charge in [0.05, 0.1) is 19.7 Å². The minimum Gasteiger partial charge on any atom is -0.497 e. The number of methoxy groups -OCH3 is 1. The Hall–Kier alpha value is -2.84. The van der Waals surface area contributed by atoms with Crippen molar-refractivity contribution in [1.82, 2.24) is 30.0 Å². The molecule has 158 valence electrons. The number of aromatic nitrogens is 4. The monoisotopic (exact) mass is 410 g/mol. The van der Waals surface area contributed by atoms with Gasteiger partial charge in [-0.05, 0) is 52.4 Å². The largest absolute Gasteiger partial charge is 0.497 e. The first-order valence-electron chi connectivity index (χ1n) is 10.3. The number of hydrogen-bond acceptors (Lipinski definition) is 6. The third kappa shape index (κ3) is 4.49. The minimum absolute atomic E-state index is 0.127. The van der Waals surface area contributed by atoms with Gasteiger partial charge in [-0.15, -0.1) is 5.10 Å². The molecular weight excluding hydrogens is 383 g/mol. The molecule has 2 heterocycles. The SMILES string of the molecule is CCN1CCN([C@@H](c2ccc(F)cc2)c2nnnn2Cc2ccc(OC)cc2)CC1. The quantitative estimate of drug-likeness (QED) is 0.597. The molecule has 7 nitrogen and oxygen atoms in total. The normalized spacial score (nSPS) is 16.5. The maximum atomic E-state index is 13.6. The lowest BCUT2D eigenvalue weighted by Gasteiger charge is -2.38. The first-order valence-corrected chi connectivity index (χ1v) is 10.3. The van der Waals surface area contributed by atoms with Crippen LogP contribution in [0.3, 0.4) is 0 Å². The maximum Gasteiger partial charge on any atom is 0.173 e. The summed E-state index contributed by atoms with van der Waals surface area (Å²) < 4.78 is 20.7. The maximum absolute atomic E-state index is 13.6. The van der Waals surface area contributed by atoms with Gasteiger partial charge in [0.25, 0.3) is 0 Å². The molecule has 3 aromatic rings. The molecule has 0 saturated carbocycles. The molecule has 0 bridgehead atoms. The number of hydrogen-bond donors (Lipinski definition) is 0. The molecule has 30 heavy (non-hydrogen) atoms. The molecule has 0 radical (unpaired) electrons. The highest BCUT2D eigenvalue weighted by Crippen LogP contribution is 2.28. The molecule has 1 aliphatic rings. The third-order valence-corrected chi connectivity index (χ3v) is 5.70. The van der Waals surface area contributed by atoms with Crippen molar-refractivity contribution in [3.05, 3.63) is 71.3 Å².